The van der Waals surface area contributed by atoms with E-state index in [1.807, 2.05) is 18.2 Å². The molecule has 1 aliphatic rings. The van der Waals surface area contributed by atoms with Crippen molar-refractivity contribution in [2.24, 2.45) is 0 Å². The topological polar surface area (TPSA) is 80.3 Å². The Balaban J connectivity index is 1.37. The van der Waals surface area contributed by atoms with Crippen molar-refractivity contribution < 1.29 is 4.92 Å². The van der Waals surface area contributed by atoms with Crippen LogP contribution in [0.25, 0.3) is 27.8 Å². The number of rotatable bonds is 5. The maximum absolute atomic E-state index is 11.0. The first-order chi connectivity index (χ1) is 18.1. The van der Waals surface area contributed by atoms with Crippen LogP contribution in [0.1, 0.15) is 5.56 Å². The van der Waals surface area contributed by atoms with E-state index in [0.717, 1.165) is 65.5 Å². The Kier molecular flexibility index (Phi) is 5.76. The zero-order chi connectivity index (χ0) is 25.4. The largest absolute Gasteiger partial charge is 0.368 e. The average Bonchev–Trinajstić information content (AvgIpc) is 3.34. The molecule has 3 aromatic carbocycles. The number of benzene rings is 3. The Hall–Kier alpha value is -4.72. The molecule has 0 amide bonds. The molecule has 1 saturated heterocycles. The van der Waals surface area contributed by atoms with Crippen LogP contribution in [0.4, 0.5) is 17.2 Å². The number of nitro benzene ring substituents is 1. The van der Waals surface area contributed by atoms with Gasteiger partial charge >= 0.3 is 0 Å². The molecule has 0 radical (unpaired) electrons. The van der Waals surface area contributed by atoms with Crippen LogP contribution in [0.5, 0.6) is 0 Å². The second kappa shape index (κ2) is 9.39. The SMILES string of the molecule is Cc1ccc(-n2cc(-c3ccccc3)c3c(N4CCN(c5ccc([N+](=O)[O-])cc5)CC4)ncnc32)cc1. The lowest BCUT2D eigenvalue weighted by Gasteiger charge is -2.37. The van der Waals surface area contributed by atoms with E-state index in [1.54, 1.807) is 18.5 Å². The van der Waals surface area contributed by atoms with Gasteiger partial charge in [0.05, 0.1) is 10.3 Å². The summed E-state index contributed by atoms with van der Waals surface area (Å²) in [5, 5.41) is 12.0. The molecule has 0 bridgehead atoms. The summed E-state index contributed by atoms with van der Waals surface area (Å²) >= 11 is 0. The van der Waals surface area contributed by atoms with Gasteiger partial charge in [-0.05, 0) is 36.8 Å². The molecule has 0 N–H and O–H groups in total. The summed E-state index contributed by atoms with van der Waals surface area (Å²) in [6, 6.07) is 25.6. The van der Waals surface area contributed by atoms with E-state index in [4.69, 9.17) is 9.97 Å². The lowest BCUT2D eigenvalue weighted by molar-refractivity contribution is -0.384. The Morgan fingerprint density at radius 3 is 2.11 bits per heavy atom. The van der Waals surface area contributed by atoms with Gasteiger partial charge in [0, 0.05) is 61.4 Å². The molecule has 0 spiro atoms. The Morgan fingerprint density at radius 1 is 0.784 bits per heavy atom. The quantitative estimate of drug-likeness (QED) is 0.235. The average molecular weight is 491 g/mol. The van der Waals surface area contributed by atoms with E-state index in [1.165, 1.54) is 5.56 Å². The molecule has 0 saturated carbocycles. The summed E-state index contributed by atoms with van der Waals surface area (Å²) < 4.78 is 2.15. The summed E-state index contributed by atoms with van der Waals surface area (Å²) in [6.45, 7) is 5.24. The van der Waals surface area contributed by atoms with E-state index < -0.39 is 0 Å². The van der Waals surface area contributed by atoms with Crippen molar-refractivity contribution in [3.63, 3.8) is 0 Å². The normalized spacial score (nSPS) is 13.8. The summed E-state index contributed by atoms with van der Waals surface area (Å²) in [6.07, 6.45) is 3.82. The first-order valence-corrected chi connectivity index (χ1v) is 12.3. The molecule has 3 heterocycles. The minimum absolute atomic E-state index is 0.109. The standard InChI is InChI=1S/C29H26N6O2/c1-21-7-9-24(10-8-21)34-19-26(22-5-3-2-4-6-22)27-28(30-20-31-29(27)34)33-17-15-32(16-18-33)23-11-13-25(14-12-23)35(36)37/h2-14,19-20H,15-18H2,1H3. The summed E-state index contributed by atoms with van der Waals surface area (Å²) in [5.74, 6) is 0.929. The molecule has 0 atom stereocenters. The van der Waals surface area contributed by atoms with Crippen molar-refractivity contribution in [2.45, 2.75) is 6.92 Å². The molecular weight excluding hydrogens is 464 g/mol. The highest BCUT2D eigenvalue weighted by atomic mass is 16.6. The van der Waals surface area contributed by atoms with Gasteiger partial charge < -0.3 is 14.4 Å². The lowest BCUT2D eigenvalue weighted by Crippen LogP contribution is -2.46. The van der Waals surface area contributed by atoms with E-state index >= 15 is 0 Å². The highest BCUT2D eigenvalue weighted by Gasteiger charge is 2.24. The molecule has 1 fully saturated rings. The van der Waals surface area contributed by atoms with Crippen LogP contribution in [-0.4, -0.2) is 45.6 Å². The third kappa shape index (κ3) is 4.27. The van der Waals surface area contributed by atoms with Crippen molar-refractivity contribution in [1.29, 1.82) is 0 Å². The highest BCUT2D eigenvalue weighted by Crippen LogP contribution is 2.37. The van der Waals surface area contributed by atoms with Crippen LogP contribution in [0.2, 0.25) is 0 Å². The van der Waals surface area contributed by atoms with Gasteiger partial charge in [-0.1, -0.05) is 48.0 Å². The van der Waals surface area contributed by atoms with Gasteiger partial charge in [0.15, 0.2) is 5.65 Å². The van der Waals surface area contributed by atoms with Crippen LogP contribution in [0, 0.1) is 17.0 Å². The van der Waals surface area contributed by atoms with Crippen molar-refractivity contribution in [1.82, 2.24) is 14.5 Å². The Morgan fingerprint density at radius 2 is 1.43 bits per heavy atom. The molecule has 0 aliphatic carbocycles. The summed E-state index contributed by atoms with van der Waals surface area (Å²) in [4.78, 5) is 24.7. The molecule has 6 rings (SSSR count). The second-order valence-corrected chi connectivity index (χ2v) is 9.26. The van der Waals surface area contributed by atoms with E-state index in [0.29, 0.717) is 0 Å². The molecule has 0 unspecified atom stereocenters. The van der Waals surface area contributed by atoms with E-state index in [-0.39, 0.29) is 10.6 Å². The van der Waals surface area contributed by atoms with Crippen molar-refractivity contribution in [3.8, 4) is 16.8 Å². The molecule has 8 nitrogen and oxygen atoms in total. The van der Waals surface area contributed by atoms with E-state index in [9.17, 15) is 10.1 Å². The van der Waals surface area contributed by atoms with Gasteiger partial charge in [-0.25, -0.2) is 9.97 Å². The van der Waals surface area contributed by atoms with Crippen LogP contribution in [0.15, 0.2) is 91.4 Å². The van der Waals surface area contributed by atoms with Gasteiger partial charge in [-0.3, -0.25) is 10.1 Å². The number of hydrogen-bond donors (Lipinski definition) is 0. The highest BCUT2D eigenvalue weighted by molar-refractivity contribution is 6.02. The lowest BCUT2D eigenvalue weighted by atomic mass is 10.1. The van der Waals surface area contributed by atoms with Crippen LogP contribution < -0.4 is 9.80 Å². The molecular formula is C29H26N6O2. The zero-order valence-corrected chi connectivity index (χ0v) is 20.5. The Bertz CT molecular complexity index is 1550. The number of anilines is 2. The third-order valence-corrected chi connectivity index (χ3v) is 6.96. The number of hydrogen-bond acceptors (Lipinski definition) is 6. The maximum atomic E-state index is 11.0. The van der Waals surface area contributed by atoms with Gasteiger partial charge in [0.2, 0.25) is 0 Å². The van der Waals surface area contributed by atoms with Crippen LogP contribution in [-0.2, 0) is 0 Å². The molecule has 1 aliphatic heterocycles. The second-order valence-electron chi connectivity index (χ2n) is 9.26. The minimum Gasteiger partial charge on any atom is -0.368 e. The number of aromatic nitrogens is 3. The fourth-order valence-electron chi connectivity index (χ4n) is 4.99. The van der Waals surface area contributed by atoms with Gasteiger partial charge in [0.25, 0.3) is 5.69 Å². The van der Waals surface area contributed by atoms with Crippen molar-refractivity contribution >= 4 is 28.2 Å². The zero-order valence-electron chi connectivity index (χ0n) is 20.5. The molecule has 2 aromatic heterocycles. The summed E-state index contributed by atoms with van der Waals surface area (Å²) in [7, 11) is 0. The third-order valence-electron chi connectivity index (χ3n) is 6.96. The number of piperazine rings is 1. The van der Waals surface area contributed by atoms with Crippen molar-refractivity contribution in [3.05, 3.63) is 107 Å². The predicted molar refractivity (Wildman–Crippen MR) is 147 cm³/mol. The summed E-state index contributed by atoms with van der Waals surface area (Å²) in [5.41, 5.74) is 6.48. The fourth-order valence-corrected chi connectivity index (χ4v) is 4.99. The number of nitro groups is 1. The molecule has 184 valence electrons. The van der Waals surface area contributed by atoms with E-state index in [2.05, 4.69) is 76.0 Å². The number of non-ortho nitro benzene ring substituents is 1. The fraction of sp³-hybridized carbons (Fsp3) is 0.172. The molecule has 37 heavy (non-hydrogen) atoms. The number of fused-ring (bicyclic) bond motifs is 1. The van der Waals surface area contributed by atoms with Crippen molar-refractivity contribution in [2.75, 3.05) is 36.0 Å². The Labute approximate surface area is 214 Å². The monoisotopic (exact) mass is 490 g/mol. The van der Waals surface area contributed by atoms with Gasteiger partial charge in [-0.2, -0.15) is 0 Å². The number of aryl methyl sites for hydroxylation is 1. The first kappa shape index (κ1) is 22.7. The minimum atomic E-state index is -0.366. The number of nitrogens with zero attached hydrogens (tertiary/aromatic N) is 6. The maximum Gasteiger partial charge on any atom is 0.269 e. The molecule has 5 aromatic rings. The smallest absolute Gasteiger partial charge is 0.269 e. The van der Waals surface area contributed by atoms with Gasteiger partial charge in [0.1, 0.15) is 12.1 Å². The van der Waals surface area contributed by atoms with Crippen LogP contribution in [0.3, 0.4) is 0 Å². The first-order valence-electron chi connectivity index (χ1n) is 12.3. The van der Waals surface area contributed by atoms with Crippen LogP contribution >= 0.6 is 0 Å². The van der Waals surface area contributed by atoms with Gasteiger partial charge in [-0.15, -0.1) is 0 Å². The molecule has 8 heteroatoms. The predicted octanol–water partition coefficient (Wildman–Crippen LogP) is 5.63.